The average Bonchev–Trinajstić information content (AvgIpc) is 3.48. The number of anilines is 2. The van der Waals surface area contributed by atoms with E-state index in [4.69, 9.17) is 10.4 Å². The third-order valence-corrected chi connectivity index (χ3v) is 6.34. The molecular formula is C23H22BrN9O2. The van der Waals surface area contributed by atoms with Crippen LogP contribution in [0.2, 0.25) is 0 Å². The third kappa shape index (κ3) is 4.64. The Morgan fingerprint density at radius 3 is 2.77 bits per heavy atom. The fourth-order valence-electron chi connectivity index (χ4n) is 4.03. The molecule has 2 aromatic carbocycles. The topological polar surface area (TPSA) is 140 Å². The molecule has 4 aromatic rings. The zero-order valence-corrected chi connectivity index (χ0v) is 20.4. The number of aromatic nitrogens is 5. The van der Waals surface area contributed by atoms with E-state index in [1.165, 1.54) is 10.2 Å². The highest BCUT2D eigenvalue weighted by Gasteiger charge is 2.27. The molecule has 0 saturated carbocycles. The van der Waals surface area contributed by atoms with Crippen molar-refractivity contribution in [3.05, 3.63) is 75.5 Å². The van der Waals surface area contributed by atoms with Gasteiger partial charge in [-0.2, -0.15) is 9.78 Å². The Morgan fingerprint density at radius 1 is 1.20 bits per heavy atom. The van der Waals surface area contributed by atoms with Crippen molar-refractivity contribution in [2.24, 2.45) is 5.10 Å². The third-order valence-electron chi connectivity index (χ3n) is 5.81. The van der Waals surface area contributed by atoms with E-state index in [0.29, 0.717) is 18.0 Å². The molecule has 0 spiro atoms. The number of nitrogens with zero attached hydrogens (tertiary/aromatic N) is 7. The number of nitrogens with one attached hydrogen (secondary N) is 1. The molecule has 0 atom stereocenters. The van der Waals surface area contributed by atoms with Crippen molar-refractivity contribution in [2.45, 2.75) is 26.3 Å². The standard InChI is InChI=1S/C23H22BrN9O2/c1-14(15-8-10-17(24)11-9-15)26-28-23(34)20-19(33(31-27-20)22-21(25)29-35-30-22)13-32-12-4-6-16-5-2-3-7-18(16)32/h2-3,5,7-11H,4,6,12-13H2,1H3,(H2,25,29)(H,28,34)/b26-14-. The van der Waals surface area contributed by atoms with Crippen molar-refractivity contribution in [1.29, 1.82) is 0 Å². The molecule has 1 aliphatic rings. The number of hydrogen-bond acceptors (Lipinski definition) is 9. The highest BCUT2D eigenvalue weighted by atomic mass is 79.9. The summed E-state index contributed by atoms with van der Waals surface area (Å²) in [6.45, 7) is 2.98. The van der Waals surface area contributed by atoms with Crippen LogP contribution in [0.25, 0.3) is 5.82 Å². The Balaban J connectivity index is 1.47. The lowest BCUT2D eigenvalue weighted by Gasteiger charge is -2.31. The Morgan fingerprint density at radius 2 is 2.00 bits per heavy atom. The molecule has 5 rings (SSSR count). The quantitative estimate of drug-likeness (QED) is 0.283. The summed E-state index contributed by atoms with van der Waals surface area (Å²) in [6, 6.07) is 15.8. The molecule has 0 radical (unpaired) electrons. The van der Waals surface area contributed by atoms with Gasteiger partial charge in [-0.15, -0.1) is 5.10 Å². The van der Waals surface area contributed by atoms with Crippen LogP contribution in [-0.2, 0) is 13.0 Å². The van der Waals surface area contributed by atoms with Crippen LogP contribution in [-0.4, -0.2) is 43.5 Å². The molecule has 1 aliphatic heterocycles. The van der Waals surface area contributed by atoms with Crippen molar-refractivity contribution in [2.75, 3.05) is 17.2 Å². The number of hydrazone groups is 1. The van der Waals surface area contributed by atoms with E-state index in [-0.39, 0.29) is 17.3 Å². The maximum absolute atomic E-state index is 13.2. The lowest BCUT2D eigenvalue weighted by molar-refractivity contribution is 0.0948. The molecule has 11 nitrogen and oxygen atoms in total. The van der Waals surface area contributed by atoms with Crippen LogP contribution < -0.4 is 16.1 Å². The second-order valence-corrected chi connectivity index (χ2v) is 8.98. The number of amides is 1. The van der Waals surface area contributed by atoms with Crippen molar-refractivity contribution in [1.82, 2.24) is 30.7 Å². The molecule has 0 saturated heterocycles. The number of fused-ring (bicyclic) bond motifs is 1. The summed E-state index contributed by atoms with van der Waals surface area (Å²) in [5.41, 5.74) is 13.0. The van der Waals surface area contributed by atoms with Crippen LogP contribution in [0.15, 0.2) is 62.7 Å². The van der Waals surface area contributed by atoms with E-state index in [2.05, 4.69) is 64.1 Å². The Bertz CT molecular complexity index is 1390. The zero-order chi connectivity index (χ0) is 24.4. The van der Waals surface area contributed by atoms with Gasteiger partial charge in [-0.3, -0.25) is 4.79 Å². The van der Waals surface area contributed by atoms with Gasteiger partial charge in [0.15, 0.2) is 5.69 Å². The highest BCUT2D eigenvalue weighted by molar-refractivity contribution is 9.10. The predicted octanol–water partition coefficient (Wildman–Crippen LogP) is 3.10. The zero-order valence-electron chi connectivity index (χ0n) is 18.8. The SMILES string of the molecule is C/C(=N/NC(=O)c1nnn(-c2nonc2N)c1CN1CCCc2ccccc21)c1ccc(Br)cc1. The first-order valence-corrected chi connectivity index (χ1v) is 11.8. The molecule has 3 heterocycles. The van der Waals surface area contributed by atoms with Gasteiger partial charge in [-0.1, -0.05) is 51.5 Å². The minimum Gasteiger partial charge on any atom is -0.378 e. The number of aryl methyl sites for hydroxylation is 1. The van der Waals surface area contributed by atoms with E-state index in [0.717, 1.165) is 35.1 Å². The van der Waals surface area contributed by atoms with Crippen molar-refractivity contribution >= 4 is 39.1 Å². The van der Waals surface area contributed by atoms with Crippen LogP contribution >= 0.6 is 15.9 Å². The average molecular weight is 536 g/mol. The van der Waals surface area contributed by atoms with E-state index in [1.807, 2.05) is 43.3 Å². The molecule has 2 aromatic heterocycles. The highest BCUT2D eigenvalue weighted by Crippen LogP contribution is 2.29. The largest absolute Gasteiger partial charge is 0.378 e. The molecule has 35 heavy (non-hydrogen) atoms. The van der Waals surface area contributed by atoms with Crippen LogP contribution in [0.4, 0.5) is 11.5 Å². The summed E-state index contributed by atoms with van der Waals surface area (Å²) >= 11 is 3.41. The molecule has 0 bridgehead atoms. The normalized spacial score (nSPS) is 13.5. The second-order valence-electron chi connectivity index (χ2n) is 8.07. The lowest BCUT2D eigenvalue weighted by Crippen LogP contribution is -2.31. The van der Waals surface area contributed by atoms with Gasteiger partial charge < -0.3 is 10.6 Å². The number of nitrogens with two attached hydrogens (primary N) is 1. The fraction of sp³-hybridized carbons (Fsp3) is 0.217. The summed E-state index contributed by atoms with van der Waals surface area (Å²) < 4.78 is 7.10. The molecule has 0 aliphatic carbocycles. The van der Waals surface area contributed by atoms with Gasteiger partial charge in [0, 0.05) is 16.7 Å². The van der Waals surface area contributed by atoms with E-state index < -0.39 is 5.91 Å². The maximum Gasteiger partial charge on any atom is 0.293 e. The smallest absolute Gasteiger partial charge is 0.293 e. The number of rotatable bonds is 6. The first-order valence-electron chi connectivity index (χ1n) is 11.0. The summed E-state index contributed by atoms with van der Waals surface area (Å²) in [5.74, 6) is -0.277. The van der Waals surface area contributed by atoms with Gasteiger partial charge in [0.1, 0.15) is 0 Å². The van der Waals surface area contributed by atoms with Gasteiger partial charge in [-0.05, 0) is 59.4 Å². The van der Waals surface area contributed by atoms with Gasteiger partial charge in [0.2, 0.25) is 11.6 Å². The van der Waals surface area contributed by atoms with Crippen molar-refractivity contribution < 1.29 is 9.42 Å². The van der Waals surface area contributed by atoms with Crippen LogP contribution in [0.1, 0.15) is 40.7 Å². The molecular weight excluding hydrogens is 514 g/mol. The van der Waals surface area contributed by atoms with Crippen LogP contribution in [0.5, 0.6) is 0 Å². The number of nitrogen functional groups attached to an aromatic ring is 1. The summed E-state index contributed by atoms with van der Waals surface area (Å²) in [6.07, 6.45) is 1.99. The molecule has 178 valence electrons. The van der Waals surface area contributed by atoms with Gasteiger partial charge in [0.25, 0.3) is 5.91 Å². The first-order chi connectivity index (χ1) is 17.0. The number of halogens is 1. The number of carbonyl (C=O) groups is 1. The molecule has 12 heteroatoms. The summed E-state index contributed by atoms with van der Waals surface area (Å²) in [5, 5.41) is 20.0. The van der Waals surface area contributed by atoms with Crippen LogP contribution in [0, 0.1) is 0 Å². The second kappa shape index (κ2) is 9.66. The van der Waals surface area contributed by atoms with Crippen molar-refractivity contribution in [3.63, 3.8) is 0 Å². The monoisotopic (exact) mass is 535 g/mol. The minimum atomic E-state index is -0.497. The summed E-state index contributed by atoms with van der Waals surface area (Å²) in [7, 11) is 0. The Hall–Kier alpha value is -4.06. The number of hydrogen-bond donors (Lipinski definition) is 2. The molecule has 0 unspecified atom stereocenters. The molecule has 3 N–H and O–H groups in total. The fourth-order valence-corrected chi connectivity index (χ4v) is 4.29. The van der Waals surface area contributed by atoms with Gasteiger partial charge >= 0.3 is 0 Å². The molecule has 0 fully saturated rings. The van der Waals surface area contributed by atoms with E-state index >= 15 is 0 Å². The maximum atomic E-state index is 13.2. The van der Waals surface area contributed by atoms with Crippen molar-refractivity contribution in [3.8, 4) is 5.82 Å². The Kier molecular flexibility index (Phi) is 6.27. The first kappa shape index (κ1) is 22.7. The lowest BCUT2D eigenvalue weighted by atomic mass is 10.0. The number of para-hydroxylation sites is 1. The summed E-state index contributed by atoms with van der Waals surface area (Å²) in [4.78, 5) is 15.3. The number of carbonyl (C=O) groups excluding carboxylic acids is 1. The van der Waals surface area contributed by atoms with Gasteiger partial charge in [-0.25, -0.2) is 10.1 Å². The van der Waals surface area contributed by atoms with E-state index in [9.17, 15) is 4.79 Å². The Labute approximate surface area is 209 Å². The minimum absolute atomic E-state index is 0.0475. The van der Waals surface area contributed by atoms with Crippen LogP contribution in [0.3, 0.4) is 0 Å². The van der Waals surface area contributed by atoms with E-state index in [1.54, 1.807) is 0 Å². The predicted molar refractivity (Wildman–Crippen MR) is 133 cm³/mol. The number of benzene rings is 2. The molecule has 1 amide bonds. The van der Waals surface area contributed by atoms with Gasteiger partial charge in [0.05, 0.1) is 18.0 Å².